The summed E-state index contributed by atoms with van der Waals surface area (Å²) in [6, 6.07) is 8.38. The number of aromatic amines is 1. The zero-order valence-electron chi connectivity index (χ0n) is 19.1. The van der Waals surface area contributed by atoms with E-state index in [0.29, 0.717) is 36.6 Å². The molecule has 1 saturated heterocycles. The lowest BCUT2D eigenvalue weighted by Gasteiger charge is -2.39. The minimum Gasteiger partial charge on any atom is -0.334 e. The molecule has 2 aliphatic heterocycles. The highest BCUT2D eigenvalue weighted by Crippen LogP contribution is 2.31. The van der Waals surface area contributed by atoms with Crippen molar-refractivity contribution < 1.29 is 4.79 Å². The van der Waals surface area contributed by atoms with Crippen molar-refractivity contribution in [3.8, 4) is 0 Å². The van der Waals surface area contributed by atoms with Crippen LogP contribution in [-0.2, 0) is 13.0 Å². The first kappa shape index (κ1) is 21.4. The first-order valence-electron chi connectivity index (χ1n) is 12.3. The molecule has 2 fully saturated rings. The molecule has 3 aliphatic rings. The Morgan fingerprint density at radius 2 is 1.72 bits per heavy atom. The number of H-pyrrole nitrogens is 1. The Morgan fingerprint density at radius 3 is 2.44 bits per heavy atom. The van der Waals surface area contributed by atoms with Crippen LogP contribution in [0.4, 0.5) is 0 Å². The topological polar surface area (TPSA) is 69.3 Å². The van der Waals surface area contributed by atoms with Crippen LogP contribution < -0.4 is 5.56 Å². The van der Waals surface area contributed by atoms with Gasteiger partial charge in [-0.15, -0.1) is 0 Å². The Morgan fingerprint density at radius 1 is 1.00 bits per heavy atom. The molecule has 170 valence electrons. The summed E-state index contributed by atoms with van der Waals surface area (Å²) in [5.41, 5.74) is 3.26. The fraction of sp³-hybridized carbons (Fsp3) is 0.577. The standard InChI is InChI=1S/C26H34N4O2/c1-18-7-9-20(10-8-18)26(32)30-16-13-23-22(17-30)25(31)28-24(27-23)19-11-14-29(15-12-19)21-5-3-2-4-6-21/h7-10,19,21H,2-6,11-17H2,1H3,(H,27,28,31). The van der Waals surface area contributed by atoms with Gasteiger partial charge in [0.25, 0.3) is 11.5 Å². The number of piperidine rings is 1. The average molecular weight is 435 g/mol. The van der Waals surface area contributed by atoms with Crippen molar-refractivity contribution in [2.45, 2.75) is 76.8 Å². The Balaban J connectivity index is 1.26. The summed E-state index contributed by atoms with van der Waals surface area (Å²) in [4.78, 5) is 38.3. The summed E-state index contributed by atoms with van der Waals surface area (Å²) in [6.45, 7) is 5.17. The average Bonchev–Trinajstić information content (AvgIpc) is 2.84. The monoisotopic (exact) mass is 434 g/mol. The fourth-order valence-corrected chi connectivity index (χ4v) is 5.67. The van der Waals surface area contributed by atoms with Crippen LogP contribution >= 0.6 is 0 Å². The predicted octanol–water partition coefficient (Wildman–Crippen LogP) is 3.79. The lowest BCUT2D eigenvalue weighted by molar-refractivity contribution is 0.0732. The van der Waals surface area contributed by atoms with Crippen molar-refractivity contribution in [3.05, 3.63) is 62.8 Å². The molecule has 0 bridgehead atoms. The number of hydrogen-bond acceptors (Lipinski definition) is 4. The van der Waals surface area contributed by atoms with Crippen molar-refractivity contribution in [1.82, 2.24) is 19.8 Å². The molecule has 1 saturated carbocycles. The third-order valence-corrected chi connectivity index (χ3v) is 7.68. The van der Waals surface area contributed by atoms with Gasteiger partial charge in [0.2, 0.25) is 0 Å². The van der Waals surface area contributed by atoms with Gasteiger partial charge in [0, 0.05) is 30.5 Å². The van der Waals surface area contributed by atoms with E-state index in [1.807, 2.05) is 31.2 Å². The second-order valence-electron chi connectivity index (χ2n) is 9.82. The summed E-state index contributed by atoms with van der Waals surface area (Å²) in [7, 11) is 0. The molecule has 0 atom stereocenters. The van der Waals surface area contributed by atoms with Gasteiger partial charge >= 0.3 is 0 Å². The molecule has 1 aromatic heterocycles. The summed E-state index contributed by atoms with van der Waals surface area (Å²) in [5.74, 6) is 1.17. The van der Waals surface area contributed by atoms with Gasteiger partial charge in [-0.1, -0.05) is 37.0 Å². The number of benzene rings is 1. The second-order valence-corrected chi connectivity index (χ2v) is 9.82. The van der Waals surface area contributed by atoms with Crippen LogP contribution in [0.15, 0.2) is 29.1 Å². The number of hydrogen-bond donors (Lipinski definition) is 1. The number of nitrogens with one attached hydrogen (secondary N) is 1. The maximum absolute atomic E-state index is 12.9. The summed E-state index contributed by atoms with van der Waals surface area (Å²) in [5, 5.41) is 0. The molecule has 2 aromatic rings. The van der Waals surface area contributed by atoms with E-state index in [-0.39, 0.29) is 11.5 Å². The number of aromatic nitrogens is 2. The quantitative estimate of drug-likeness (QED) is 0.798. The molecule has 1 amide bonds. The number of likely N-dealkylation sites (tertiary alicyclic amines) is 1. The molecule has 3 heterocycles. The van der Waals surface area contributed by atoms with Crippen LogP contribution in [0, 0.1) is 6.92 Å². The van der Waals surface area contributed by atoms with E-state index >= 15 is 0 Å². The van der Waals surface area contributed by atoms with Gasteiger partial charge < -0.3 is 14.8 Å². The zero-order chi connectivity index (χ0) is 22.1. The Labute approximate surface area is 190 Å². The number of amides is 1. The molecule has 0 radical (unpaired) electrons. The van der Waals surface area contributed by atoms with Crippen molar-refractivity contribution in [3.63, 3.8) is 0 Å². The first-order chi connectivity index (χ1) is 15.6. The zero-order valence-corrected chi connectivity index (χ0v) is 19.1. The Hall–Kier alpha value is -2.47. The van der Waals surface area contributed by atoms with E-state index in [4.69, 9.17) is 4.98 Å². The largest absolute Gasteiger partial charge is 0.334 e. The molecule has 5 rings (SSSR count). The number of fused-ring (bicyclic) bond motifs is 1. The predicted molar refractivity (Wildman–Crippen MR) is 125 cm³/mol. The van der Waals surface area contributed by atoms with E-state index in [9.17, 15) is 9.59 Å². The number of carbonyl (C=O) groups excluding carboxylic acids is 1. The number of nitrogens with zero attached hydrogens (tertiary/aromatic N) is 3. The second kappa shape index (κ2) is 9.18. The van der Waals surface area contributed by atoms with Gasteiger partial charge in [0.1, 0.15) is 5.82 Å². The molecule has 1 aliphatic carbocycles. The van der Waals surface area contributed by atoms with Gasteiger partial charge in [0.05, 0.1) is 17.8 Å². The van der Waals surface area contributed by atoms with E-state index in [1.165, 1.54) is 32.1 Å². The van der Waals surface area contributed by atoms with Crippen molar-refractivity contribution in [1.29, 1.82) is 0 Å². The van der Waals surface area contributed by atoms with Crippen LogP contribution in [0.25, 0.3) is 0 Å². The summed E-state index contributed by atoms with van der Waals surface area (Å²) in [6.07, 6.45) is 9.59. The van der Waals surface area contributed by atoms with E-state index in [0.717, 1.165) is 49.1 Å². The van der Waals surface area contributed by atoms with Crippen molar-refractivity contribution >= 4 is 5.91 Å². The molecule has 32 heavy (non-hydrogen) atoms. The van der Waals surface area contributed by atoms with Gasteiger partial charge in [-0.2, -0.15) is 0 Å². The van der Waals surface area contributed by atoms with Crippen LogP contribution in [-0.4, -0.2) is 51.4 Å². The molecule has 6 nitrogen and oxygen atoms in total. The van der Waals surface area contributed by atoms with Crippen molar-refractivity contribution in [2.24, 2.45) is 0 Å². The van der Waals surface area contributed by atoms with E-state index < -0.39 is 0 Å². The smallest absolute Gasteiger partial charge is 0.256 e. The van der Waals surface area contributed by atoms with Gasteiger partial charge in [-0.05, 0) is 57.8 Å². The van der Waals surface area contributed by atoms with Crippen LogP contribution in [0.3, 0.4) is 0 Å². The lowest BCUT2D eigenvalue weighted by atomic mass is 9.89. The molecule has 0 spiro atoms. The third-order valence-electron chi connectivity index (χ3n) is 7.68. The Bertz CT molecular complexity index is 1020. The number of carbonyl (C=O) groups is 1. The molecule has 1 N–H and O–H groups in total. The molecular formula is C26H34N4O2. The maximum atomic E-state index is 12.9. The van der Waals surface area contributed by atoms with Gasteiger partial charge in [-0.3, -0.25) is 9.59 Å². The number of aryl methyl sites for hydroxylation is 1. The molecular weight excluding hydrogens is 400 g/mol. The lowest BCUT2D eigenvalue weighted by Crippen LogP contribution is -2.43. The summed E-state index contributed by atoms with van der Waals surface area (Å²) >= 11 is 0. The fourth-order valence-electron chi connectivity index (χ4n) is 5.67. The van der Waals surface area contributed by atoms with Crippen molar-refractivity contribution in [2.75, 3.05) is 19.6 Å². The van der Waals surface area contributed by atoms with Crippen LogP contribution in [0.2, 0.25) is 0 Å². The summed E-state index contributed by atoms with van der Waals surface area (Å²) < 4.78 is 0. The highest BCUT2D eigenvalue weighted by molar-refractivity contribution is 5.94. The normalized spacial score (nSPS) is 20.8. The minimum absolute atomic E-state index is 0.0192. The molecule has 0 unspecified atom stereocenters. The highest BCUT2D eigenvalue weighted by atomic mass is 16.2. The number of rotatable bonds is 3. The van der Waals surface area contributed by atoms with Gasteiger partial charge in [0.15, 0.2) is 0 Å². The molecule has 6 heteroatoms. The minimum atomic E-state index is -0.0684. The van der Waals surface area contributed by atoms with Crippen LogP contribution in [0.5, 0.6) is 0 Å². The SMILES string of the molecule is Cc1ccc(C(=O)N2CCc3nc(C4CCN(C5CCCCC5)CC4)[nH]c(=O)c3C2)cc1. The van der Waals surface area contributed by atoms with E-state index in [1.54, 1.807) is 4.90 Å². The molecule has 1 aromatic carbocycles. The first-order valence-corrected chi connectivity index (χ1v) is 12.3. The van der Waals surface area contributed by atoms with Crippen LogP contribution in [0.1, 0.15) is 83.9 Å². The Kier molecular flexibility index (Phi) is 6.13. The van der Waals surface area contributed by atoms with E-state index in [2.05, 4.69) is 9.88 Å². The third kappa shape index (κ3) is 4.38. The highest BCUT2D eigenvalue weighted by Gasteiger charge is 2.30. The van der Waals surface area contributed by atoms with Gasteiger partial charge in [-0.25, -0.2) is 4.98 Å². The maximum Gasteiger partial charge on any atom is 0.256 e.